The lowest BCUT2D eigenvalue weighted by Crippen LogP contribution is -2.68. The predicted molar refractivity (Wildman–Crippen MR) is 344 cm³/mol. The minimum Gasteiger partial charge on any atom is -0.475 e. The van der Waals surface area contributed by atoms with E-state index in [9.17, 15) is 129 Å². The number of halogens is 18. The number of aliphatic hydroxyl groups is 6. The van der Waals surface area contributed by atoms with Gasteiger partial charge in [0.25, 0.3) is 0 Å². The molecule has 3 aromatic rings. The molecule has 23 N–H and O–H groups in total. The fourth-order valence-corrected chi connectivity index (χ4v) is 9.74. The number of carbonyl (C=O) groups is 10. The minimum atomic E-state index is -5.08. The summed E-state index contributed by atoms with van der Waals surface area (Å²) in [5.74, 6) is -19.5. The van der Waals surface area contributed by atoms with Crippen LogP contribution in [-0.2, 0) is 84.5 Å². The number of fused-ring (bicyclic) bond motifs is 3. The maximum absolute atomic E-state index is 14.2. The van der Waals surface area contributed by atoms with Gasteiger partial charge in [-0.05, 0) is 55.4 Å². The van der Waals surface area contributed by atoms with Gasteiger partial charge in [-0.2, -0.15) is 79.0 Å². The Hall–Kier alpha value is -9.74. The number of hydrogen-bond donors (Lipinski definition) is 19. The monoisotopic (exact) mass is 1740 g/mol. The summed E-state index contributed by atoms with van der Waals surface area (Å²) < 4.78 is 226. The summed E-state index contributed by atoms with van der Waals surface area (Å²) in [6.45, 7) is 7.38. The molecular formula is C61H78F18N10O28. The Kier molecular flexibility index (Phi) is 39.7. The number of nitrogens with two attached hydrogens (primary N) is 4. The van der Waals surface area contributed by atoms with Crippen molar-refractivity contribution in [3.05, 3.63) is 71.5 Å². The number of alkyl carbamates (subject to hydrolysis) is 1. The molecule has 2 aromatic carbocycles. The maximum Gasteiger partial charge on any atom is 0.490 e. The first-order valence-electron chi connectivity index (χ1n) is 32.4. The van der Waals surface area contributed by atoms with Gasteiger partial charge in [0.2, 0.25) is 11.8 Å². The van der Waals surface area contributed by atoms with Gasteiger partial charge >= 0.3 is 84.9 Å². The Morgan fingerprint density at radius 2 is 0.923 bits per heavy atom. The number of aliphatic carboxylic acids is 6. The van der Waals surface area contributed by atoms with Crippen LogP contribution in [0.15, 0.2) is 54.7 Å². The fourth-order valence-electron chi connectivity index (χ4n) is 9.74. The minimum absolute atomic E-state index is 0.0159. The first-order valence-corrected chi connectivity index (χ1v) is 32.4. The summed E-state index contributed by atoms with van der Waals surface area (Å²) in [5, 5.41) is 124. The molecule has 3 heterocycles. The van der Waals surface area contributed by atoms with E-state index >= 15 is 0 Å². The molecule has 2 aliphatic carbocycles. The second kappa shape index (κ2) is 44.2. The molecule has 17 atom stereocenters. The van der Waals surface area contributed by atoms with Gasteiger partial charge < -0.3 is 129 Å². The smallest absolute Gasteiger partial charge is 0.475 e. The number of carboxylic acids is 6. The third-order valence-corrected chi connectivity index (χ3v) is 15.1. The highest BCUT2D eigenvalue weighted by atomic mass is 19.4. The molecule has 4 aliphatic rings. The Morgan fingerprint density at radius 1 is 0.538 bits per heavy atom. The summed E-state index contributed by atoms with van der Waals surface area (Å²) in [6.07, 6.45) is -48.4. The summed E-state index contributed by atoms with van der Waals surface area (Å²) in [6, 6.07) is 9.66. The quantitative estimate of drug-likeness (QED) is 0.0582. The molecule has 7 rings (SSSR count). The predicted octanol–water partition coefficient (Wildman–Crippen LogP) is -0.144. The maximum atomic E-state index is 14.2. The molecule has 2 unspecified atom stereocenters. The highest BCUT2D eigenvalue weighted by molar-refractivity contribution is 5.93. The van der Waals surface area contributed by atoms with E-state index in [-0.39, 0.29) is 44.1 Å². The average Bonchev–Trinajstić information content (AvgIpc) is 1.69. The molecule has 117 heavy (non-hydrogen) atoms. The van der Waals surface area contributed by atoms with Crippen LogP contribution in [0.5, 0.6) is 0 Å². The third-order valence-electron chi connectivity index (χ3n) is 15.1. The number of amides is 3. The van der Waals surface area contributed by atoms with E-state index in [4.69, 9.17) is 111 Å². The van der Waals surface area contributed by atoms with Crippen molar-refractivity contribution in [1.29, 1.82) is 0 Å². The van der Waals surface area contributed by atoms with Crippen molar-refractivity contribution >= 4 is 59.7 Å². The molecule has 0 bridgehead atoms. The average molecular weight is 1740 g/mol. The topological polar surface area (TPSA) is 640 Å². The molecule has 1 saturated carbocycles. The van der Waals surface area contributed by atoms with Crippen LogP contribution in [0.1, 0.15) is 63.8 Å². The second-order valence-electron chi connectivity index (χ2n) is 25.6. The van der Waals surface area contributed by atoms with Crippen molar-refractivity contribution < 1.29 is 217 Å². The lowest BCUT2D eigenvalue weighted by Gasteiger charge is -2.48. The molecule has 3 fully saturated rings. The molecule has 3 amide bonds. The van der Waals surface area contributed by atoms with Crippen LogP contribution in [0.3, 0.4) is 0 Å². The van der Waals surface area contributed by atoms with Crippen LogP contribution in [0.25, 0.3) is 11.1 Å². The van der Waals surface area contributed by atoms with Gasteiger partial charge in [0, 0.05) is 37.2 Å². The number of ether oxygens (including phenoxy) is 6. The molecular weight excluding hydrogens is 1660 g/mol. The highest BCUT2D eigenvalue weighted by Gasteiger charge is 2.53. The van der Waals surface area contributed by atoms with Gasteiger partial charge in [-0.15, -0.1) is 5.10 Å². The molecule has 0 spiro atoms. The van der Waals surface area contributed by atoms with E-state index < -0.39 is 219 Å². The first-order chi connectivity index (χ1) is 53.1. The van der Waals surface area contributed by atoms with Crippen molar-refractivity contribution in [2.75, 3.05) is 19.7 Å². The SMILES string of the molecule is CC(C)C(NC(=O)C(Cc1cn(C[C@H]2O[C@H](O[C@H]3[C@H](O)[C@@H](O[C@H]4O[C@H](CN)[C@@H](O)[C@H](O)[C@H]4O)[C@H](N)C[C@@H]3N)[C@H](O)[C@@H](N)[C@@H]2O)nn1)NC(=O)OCC1c2ccccc2-c2ccccc21)C(=O)NCC(=O)OC(C)(C)C.O=C(O)C(F)(F)F.O=C(O)C(F)(F)F.O=C(O)C(F)(F)F.O=C(O)C(F)(F)F.O=C(O)C(F)(F)F.O=C(O)C(F)(F)F. The van der Waals surface area contributed by atoms with Crippen LogP contribution in [0.4, 0.5) is 83.8 Å². The van der Waals surface area contributed by atoms with Crippen molar-refractivity contribution in [1.82, 2.24) is 30.9 Å². The Balaban J connectivity index is 0.00000132. The zero-order chi connectivity index (χ0) is 91.1. The van der Waals surface area contributed by atoms with Crippen LogP contribution in [-0.4, -0.2) is 302 Å². The van der Waals surface area contributed by atoms with Crippen LogP contribution in [0.2, 0.25) is 0 Å². The van der Waals surface area contributed by atoms with Crippen LogP contribution in [0, 0.1) is 5.92 Å². The third kappa shape index (κ3) is 34.8. The van der Waals surface area contributed by atoms with Gasteiger partial charge in [0.1, 0.15) is 85.8 Å². The molecule has 56 heteroatoms. The second-order valence-corrected chi connectivity index (χ2v) is 25.6. The largest absolute Gasteiger partial charge is 0.490 e. The Bertz CT molecular complexity index is 3540. The van der Waals surface area contributed by atoms with E-state index in [0.717, 1.165) is 22.3 Å². The van der Waals surface area contributed by atoms with Crippen molar-refractivity contribution in [3.63, 3.8) is 0 Å². The molecule has 2 saturated heterocycles. The van der Waals surface area contributed by atoms with Gasteiger partial charge in [0.05, 0.1) is 24.4 Å². The standard InChI is InChI=1S/C49H72N10O16.6C2HF3O2/c1-21(2)35(45(68)54-17-33(60)75-49(3,4)5)56-44(67)30(55-48(69)70-20-27-25-12-8-6-10-23(25)24-11-7-9-13-26(24)27)14-22-18-59(58-57-22)19-32-36(61)34(53)38(63)46(72-32)73-42-28(51)15-29(52)43(41(42)66)74-47-40(65)39(64)37(62)31(16-50)71-47;6*3-2(4,5)1(6)7/h6-13,18,21,27-32,34-43,46-47,61-66H,14-17,19-20,50-53H2,1-5H3,(H,54,68)(H,55,69)(H,56,67);6*(H,6,7)/t28-,29+,30?,31+,32+,34-,35?,36+,37+,38+,39-,40+,41-,42+,43-,46+,47+;;;;;;/m0....../s1. The number of rotatable bonds is 18. The van der Waals surface area contributed by atoms with Gasteiger partial charge in [-0.1, -0.05) is 67.6 Å². The zero-order valence-corrected chi connectivity index (χ0v) is 60.3. The Labute approximate surface area is 643 Å². The Morgan fingerprint density at radius 3 is 1.30 bits per heavy atom. The van der Waals surface area contributed by atoms with Crippen molar-refractivity contribution in [2.45, 2.75) is 206 Å². The summed E-state index contributed by atoms with van der Waals surface area (Å²) in [7, 11) is 0. The number of aromatic nitrogens is 3. The summed E-state index contributed by atoms with van der Waals surface area (Å²) >= 11 is 0. The van der Waals surface area contributed by atoms with Gasteiger partial charge in [-0.25, -0.2) is 38.2 Å². The normalized spacial score (nSPS) is 24.3. The van der Waals surface area contributed by atoms with Gasteiger partial charge in [-0.3, -0.25) is 14.4 Å². The molecule has 38 nitrogen and oxygen atoms in total. The van der Waals surface area contributed by atoms with E-state index in [1.807, 2.05) is 48.5 Å². The number of alkyl halides is 18. The van der Waals surface area contributed by atoms with Crippen molar-refractivity contribution in [3.8, 4) is 11.1 Å². The van der Waals surface area contributed by atoms with E-state index in [2.05, 4.69) is 26.3 Å². The number of hydrogen-bond acceptors (Lipinski definition) is 28. The molecule has 666 valence electrons. The van der Waals surface area contributed by atoms with E-state index in [1.165, 1.54) is 10.9 Å². The van der Waals surface area contributed by atoms with Crippen LogP contribution >= 0.6 is 0 Å². The highest BCUT2D eigenvalue weighted by Crippen LogP contribution is 2.45. The molecule has 0 radical (unpaired) electrons. The number of esters is 1. The lowest BCUT2D eigenvalue weighted by molar-refractivity contribution is -0.331. The number of aliphatic hydroxyl groups excluding tert-OH is 6. The van der Waals surface area contributed by atoms with Crippen LogP contribution < -0.4 is 38.9 Å². The van der Waals surface area contributed by atoms with E-state index in [0.29, 0.717) is 0 Å². The fraction of sp³-hybridized carbons (Fsp3) is 0.607. The summed E-state index contributed by atoms with van der Waals surface area (Å²) in [4.78, 5) is 107. The summed E-state index contributed by atoms with van der Waals surface area (Å²) in [5.41, 5.74) is 28.0. The lowest BCUT2D eigenvalue weighted by atomic mass is 9.84. The number of carboxylic acid groups (broad SMARTS) is 6. The number of benzene rings is 2. The molecule has 2 aliphatic heterocycles. The number of carbonyl (C=O) groups excluding carboxylic acids is 4. The first kappa shape index (κ1) is 105. The molecule has 1 aromatic heterocycles. The van der Waals surface area contributed by atoms with Crippen molar-refractivity contribution in [2.24, 2.45) is 28.9 Å². The number of nitrogens with one attached hydrogen (secondary N) is 3. The van der Waals surface area contributed by atoms with Gasteiger partial charge in [0.15, 0.2) is 12.6 Å². The van der Waals surface area contributed by atoms with E-state index in [1.54, 1.807) is 34.6 Å². The number of nitrogens with zero attached hydrogens (tertiary/aromatic N) is 3. The zero-order valence-electron chi connectivity index (χ0n) is 60.3.